The molecule has 6 heteroatoms. The second-order valence-electron chi connectivity index (χ2n) is 8.91. The fourth-order valence-electron chi connectivity index (χ4n) is 6.09. The summed E-state index contributed by atoms with van der Waals surface area (Å²) in [5, 5.41) is 0. The summed E-state index contributed by atoms with van der Waals surface area (Å²) in [4.78, 5) is 0. The Morgan fingerprint density at radius 1 is 1.10 bits per heavy atom. The number of aromatic nitrogens is 1. The Labute approximate surface area is 182 Å². The van der Waals surface area contributed by atoms with Gasteiger partial charge in [0.05, 0.1) is 12.2 Å². The number of rotatable bonds is 3. The van der Waals surface area contributed by atoms with Crippen molar-refractivity contribution in [3.63, 3.8) is 0 Å². The molecule has 3 aliphatic rings. The topological polar surface area (TPSA) is 17.2 Å². The van der Waals surface area contributed by atoms with E-state index >= 15 is 8.63 Å². The third kappa shape index (κ3) is 2.48. The Morgan fingerprint density at radius 3 is 2.52 bits per heavy atom. The van der Waals surface area contributed by atoms with Gasteiger partial charge in [0, 0.05) is 30.2 Å². The van der Waals surface area contributed by atoms with Crippen molar-refractivity contribution in [2.75, 3.05) is 6.61 Å². The maximum absolute atomic E-state index is 16.2. The summed E-state index contributed by atoms with van der Waals surface area (Å²) in [6.45, 7) is 8.49. The Hall–Kier alpha value is -2.63. The van der Waals surface area contributed by atoms with E-state index in [1.807, 2.05) is 53.7 Å². The van der Waals surface area contributed by atoms with Gasteiger partial charge in [-0.25, -0.2) is 0 Å². The molecule has 0 aliphatic carbocycles. The van der Waals surface area contributed by atoms with Crippen molar-refractivity contribution in [3.8, 4) is 5.75 Å². The Bertz CT molecular complexity index is 1250. The van der Waals surface area contributed by atoms with E-state index in [0.29, 0.717) is 29.4 Å². The SMILES string of the molecule is CCC1=C(C)C2=C(c3ccc4c(c3)CCO4)c3c(C)c(CC)c(C)n3[B-](F)(F)[N+]2=C1C. The molecule has 1 aromatic carbocycles. The minimum absolute atomic E-state index is 0.675. The highest BCUT2D eigenvalue weighted by Gasteiger charge is 2.56. The maximum atomic E-state index is 16.2. The smallest absolute Gasteiger partial charge is 0.493 e. The molecule has 0 saturated carbocycles. The monoisotopic (exact) mass is 422 g/mol. The first kappa shape index (κ1) is 20.3. The lowest BCUT2D eigenvalue weighted by Gasteiger charge is -2.34. The van der Waals surface area contributed by atoms with Gasteiger partial charge in [0.25, 0.3) is 0 Å². The molecule has 1 aromatic heterocycles. The first-order valence-corrected chi connectivity index (χ1v) is 11.3. The molecule has 2 aromatic rings. The number of hydrogen-bond donors (Lipinski definition) is 0. The third-order valence-corrected chi connectivity index (χ3v) is 7.47. The summed E-state index contributed by atoms with van der Waals surface area (Å²) in [6.07, 6.45) is 2.33. The molecule has 0 N–H and O–H groups in total. The zero-order chi connectivity index (χ0) is 22.2. The van der Waals surface area contributed by atoms with Crippen LogP contribution in [0.15, 0.2) is 35.0 Å². The predicted octanol–water partition coefficient (Wildman–Crippen LogP) is 5.81. The van der Waals surface area contributed by atoms with Gasteiger partial charge in [-0.2, -0.15) is 0 Å². The highest BCUT2D eigenvalue weighted by Crippen LogP contribution is 2.47. The van der Waals surface area contributed by atoms with E-state index in [-0.39, 0.29) is 0 Å². The lowest BCUT2D eigenvalue weighted by Crippen LogP contribution is -2.51. The molecule has 0 atom stereocenters. The molecular formula is C25H29BF2N2O. The van der Waals surface area contributed by atoms with Crippen molar-refractivity contribution in [3.05, 3.63) is 68.7 Å². The third-order valence-electron chi connectivity index (χ3n) is 7.47. The molecule has 0 fully saturated rings. The van der Waals surface area contributed by atoms with Crippen LogP contribution in [0.5, 0.6) is 5.75 Å². The van der Waals surface area contributed by atoms with Gasteiger partial charge in [0.1, 0.15) is 11.5 Å². The normalized spacial score (nSPS) is 19.1. The quantitative estimate of drug-likeness (QED) is 0.571. The van der Waals surface area contributed by atoms with Crippen LogP contribution in [0.25, 0.3) is 5.57 Å². The second kappa shape index (κ2) is 6.68. The van der Waals surface area contributed by atoms with Crippen molar-refractivity contribution in [1.29, 1.82) is 0 Å². The van der Waals surface area contributed by atoms with Gasteiger partial charge in [0.15, 0.2) is 5.70 Å². The molecule has 4 heterocycles. The van der Waals surface area contributed by atoms with Crippen LogP contribution in [0, 0.1) is 13.8 Å². The molecule has 0 amide bonds. The Kier molecular flexibility index (Phi) is 4.37. The van der Waals surface area contributed by atoms with E-state index in [2.05, 4.69) is 6.07 Å². The van der Waals surface area contributed by atoms with E-state index < -0.39 is 6.97 Å². The fraction of sp³-hybridized carbons (Fsp3) is 0.400. The van der Waals surface area contributed by atoms with Gasteiger partial charge in [-0.05, 0) is 73.7 Å². The van der Waals surface area contributed by atoms with E-state index in [4.69, 9.17) is 4.74 Å². The molecule has 5 rings (SSSR count). The molecule has 162 valence electrons. The number of benzene rings is 1. The minimum Gasteiger partial charge on any atom is -0.493 e. The number of ether oxygens (including phenoxy) is 1. The summed E-state index contributed by atoms with van der Waals surface area (Å²) in [5.41, 5.74) is 9.75. The van der Waals surface area contributed by atoms with Crippen molar-refractivity contribution >= 4 is 18.3 Å². The molecule has 3 nitrogen and oxygen atoms in total. The van der Waals surface area contributed by atoms with E-state index in [1.54, 1.807) is 0 Å². The summed E-state index contributed by atoms with van der Waals surface area (Å²) < 4.78 is 40.9. The van der Waals surface area contributed by atoms with E-state index in [0.717, 1.165) is 64.0 Å². The predicted molar refractivity (Wildman–Crippen MR) is 122 cm³/mol. The van der Waals surface area contributed by atoms with Crippen LogP contribution in [0.3, 0.4) is 0 Å². The standard InChI is InChI=1S/C25H29BF2N2O/c1-7-20-14(3)24-23(19-9-10-22-18(13-19)11-12-31-22)25-15(4)21(8-2)17(6)30(25)26(27,28)29(24)16(20)5/h9-10,13H,7-8,11-12H2,1-6H3. The number of fused-ring (bicyclic) bond motifs is 3. The van der Waals surface area contributed by atoms with Crippen molar-refractivity contribution in [2.45, 2.75) is 60.8 Å². The Balaban J connectivity index is 1.94. The van der Waals surface area contributed by atoms with Gasteiger partial charge in [0.2, 0.25) is 0 Å². The lowest BCUT2D eigenvalue weighted by atomic mass is 9.83. The van der Waals surface area contributed by atoms with Crippen LogP contribution in [-0.4, -0.2) is 28.3 Å². The van der Waals surface area contributed by atoms with Crippen molar-refractivity contribution < 1.29 is 17.9 Å². The molecule has 0 saturated heterocycles. The van der Waals surface area contributed by atoms with Crippen molar-refractivity contribution in [1.82, 2.24) is 4.48 Å². The van der Waals surface area contributed by atoms with Gasteiger partial charge < -0.3 is 22.3 Å². The number of halogens is 2. The Morgan fingerprint density at radius 2 is 1.84 bits per heavy atom. The maximum Gasteiger partial charge on any atom is 0.737 e. The number of allylic oxidation sites excluding steroid dienone is 2. The van der Waals surface area contributed by atoms with E-state index in [1.165, 1.54) is 8.96 Å². The van der Waals surface area contributed by atoms with Gasteiger partial charge >= 0.3 is 6.97 Å². The van der Waals surface area contributed by atoms with Crippen LogP contribution in [0.4, 0.5) is 8.63 Å². The molecule has 0 radical (unpaired) electrons. The average molecular weight is 422 g/mol. The van der Waals surface area contributed by atoms with Crippen LogP contribution in [0.2, 0.25) is 0 Å². The molecule has 0 bridgehead atoms. The molecular weight excluding hydrogens is 393 g/mol. The van der Waals surface area contributed by atoms with Gasteiger partial charge in [-0.15, -0.1) is 0 Å². The molecule has 3 aliphatic heterocycles. The summed E-state index contributed by atoms with van der Waals surface area (Å²) >= 11 is 0. The van der Waals surface area contributed by atoms with Crippen LogP contribution < -0.4 is 4.74 Å². The van der Waals surface area contributed by atoms with Crippen LogP contribution >= 0.6 is 0 Å². The van der Waals surface area contributed by atoms with Crippen LogP contribution in [0.1, 0.15) is 67.8 Å². The van der Waals surface area contributed by atoms with Crippen molar-refractivity contribution in [2.24, 2.45) is 0 Å². The summed E-state index contributed by atoms with van der Waals surface area (Å²) in [6, 6.07) is 6.17. The molecule has 0 unspecified atom stereocenters. The number of hydrogen-bond acceptors (Lipinski definition) is 1. The second-order valence-corrected chi connectivity index (χ2v) is 8.91. The van der Waals surface area contributed by atoms with Crippen LogP contribution in [-0.2, 0) is 12.8 Å². The lowest BCUT2D eigenvalue weighted by molar-refractivity contribution is -0.363. The summed E-state index contributed by atoms with van der Waals surface area (Å²) in [5.74, 6) is 0.907. The zero-order valence-electron chi connectivity index (χ0n) is 19.2. The van der Waals surface area contributed by atoms with Gasteiger partial charge in [-0.3, -0.25) is 0 Å². The first-order valence-electron chi connectivity index (χ1n) is 11.3. The molecule has 31 heavy (non-hydrogen) atoms. The minimum atomic E-state index is -3.98. The first-order chi connectivity index (χ1) is 14.7. The largest absolute Gasteiger partial charge is 0.737 e. The molecule has 0 spiro atoms. The zero-order valence-corrected chi connectivity index (χ0v) is 19.2. The average Bonchev–Trinajstić information content (AvgIpc) is 3.36. The number of nitrogens with zero attached hydrogens (tertiary/aromatic N) is 2. The fourth-order valence-corrected chi connectivity index (χ4v) is 6.09. The summed E-state index contributed by atoms with van der Waals surface area (Å²) in [7, 11) is 0. The highest BCUT2D eigenvalue weighted by atomic mass is 19.2. The van der Waals surface area contributed by atoms with Gasteiger partial charge in [-0.1, -0.05) is 19.9 Å². The van der Waals surface area contributed by atoms with E-state index in [9.17, 15) is 0 Å². The highest BCUT2D eigenvalue weighted by molar-refractivity contribution is 6.58.